The molecule has 0 saturated carbocycles. The number of anilines is 1. The lowest BCUT2D eigenvalue weighted by Crippen LogP contribution is -2.18. The molecule has 0 aliphatic heterocycles. The first-order valence-electron chi connectivity index (χ1n) is 10.5. The van der Waals surface area contributed by atoms with Crippen LogP contribution in [-0.2, 0) is 0 Å². The van der Waals surface area contributed by atoms with Crippen LogP contribution < -0.4 is 10.6 Å². The zero-order valence-electron chi connectivity index (χ0n) is 18.1. The number of nitrogens with one attached hydrogen (secondary N) is 3. The molecule has 0 amide bonds. The SMILES string of the molecule is CNCCNc1cc(-c2ccc3[nH]c(-c4ccnc(C)c4)c(C(C)C)c3c2)ccn1. The number of likely N-dealkylation sites (N-methyl/N-ethyl adjacent to an activating group) is 1. The molecule has 4 aromatic rings. The van der Waals surface area contributed by atoms with Gasteiger partial charge >= 0.3 is 0 Å². The van der Waals surface area contributed by atoms with E-state index in [1.165, 1.54) is 27.8 Å². The summed E-state index contributed by atoms with van der Waals surface area (Å²) < 4.78 is 0. The highest BCUT2D eigenvalue weighted by Crippen LogP contribution is 2.37. The van der Waals surface area contributed by atoms with Crippen LogP contribution in [0.2, 0.25) is 0 Å². The fourth-order valence-corrected chi connectivity index (χ4v) is 3.94. The number of hydrogen-bond acceptors (Lipinski definition) is 4. The third kappa shape index (κ3) is 4.07. The third-order valence-corrected chi connectivity index (χ3v) is 5.38. The van der Waals surface area contributed by atoms with E-state index in [1.807, 2.05) is 26.4 Å². The van der Waals surface area contributed by atoms with Crippen LogP contribution in [0.1, 0.15) is 31.0 Å². The fourth-order valence-electron chi connectivity index (χ4n) is 3.94. The van der Waals surface area contributed by atoms with Crippen LogP contribution in [-0.4, -0.2) is 35.1 Å². The number of aromatic nitrogens is 3. The van der Waals surface area contributed by atoms with E-state index in [-0.39, 0.29) is 0 Å². The Kier molecular flexibility index (Phi) is 5.81. The van der Waals surface area contributed by atoms with Gasteiger partial charge in [0.05, 0.1) is 5.69 Å². The minimum Gasteiger partial charge on any atom is -0.369 e. The van der Waals surface area contributed by atoms with Crippen molar-refractivity contribution in [3.63, 3.8) is 0 Å². The number of fused-ring (bicyclic) bond motifs is 1. The average molecular weight is 400 g/mol. The van der Waals surface area contributed by atoms with E-state index >= 15 is 0 Å². The highest BCUT2D eigenvalue weighted by molar-refractivity contribution is 5.94. The van der Waals surface area contributed by atoms with E-state index in [0.717, 1.165) is 35.7 Å². The Morgan fingerprint density at radius 3 is 2.43 bits per heavy atom. The maximum atomic E-state index is 4.45. The first-order chi connectivity index (χ1) is 14.6. The highest BCUT2D eigenvalue weighted by Gasteiger charge is 2.17. The number of aromatic amines is 1. The average Bonchev–Trinajstić information content (AvgIpc) is 3.13. The zero-order valence-corrected chi connectivity index (χ0v) is 18.1. The Hall–Kier alpha value is -3.18. The largest absolute Gasteiger partial charge is 0.369 e. The molecule has 154 valence electrons. The fraction of sp³-hybridized carbons (Fsp3) is 0.280. The van der Waals surface area contributed by atoms with E-state index in [1.54, 1.807) is 0 Å². The quantitative estimate of drug-likeness (QED) is 0.366. The molecule has 0 saturated heterocycles. The van der Waals surface area contributed by atoms with Gasteiger partial charge in [0.2, 0.25) is 0 Å². The van der Waals surface area contributed by atoms with Gasteiger partial charge in [0.1, 0.15) is 5.82 Å². The van der Waals surface area contributed by atoms with Crippen LogP contribution >= 0.6 is 0 Å². The maximum Gasteiger partial charge on any atom is 0.126 e. The predicted octanol–water partition coefficient (Wildman–Crippen LogP) is 5.36. The number of pyridine rings is 2. The van der Waals surface area contributed by atoms with E-state index in [2.05, 4.69) is 81.9 Å². The molecule has 0 unspecified atom stereocenters. The highest BCUT2D eigenvalue weighted by atomic mass is 15.0. The Morgan fingerprint density at radius 2 is 1.67 bits per heavy atom. The molecule has 4 rings (SSSR count). The molecule has 0 fully saturated rings. The second-order valence-corrected chi connectivity index (χ2v) is 7.97. The van der Waals surface area contributed by atoms with Crippen LogP contribution in [0.25, 0.3) is 33.3 Å². The summed E-state index contributed by atoms with van der Waals surface area (Å²) in [5.41, 5.74) is 8.26. The van der Waals surface area contributed by atoms with Crippen molar-refractivity contribution in [3.05, 3.63) is 66.1 Å². The minimum atomic E-state index is 0.397. The number of nitrogens with zero attached hydrogens (tertiary/aromatic N) is 2. The first kappa shape index (κ1) is 20.1. The van der Waals surface area contributed by atoms with Gasteiger partial charge in [-0.25, -0.2) is 4.98 Å². The molecule has 5 nitrogen and oxygen atoms in total. The predicted molar refractivity (Wildman–Crippen MR) is 126 cm³/mol. The van der Waals surface area contributed by atoms with Gasteiger partial charge < -0.3 is 15.6 Å². The number of aryl methyl sites for hydroxylation is 1. The van der Waals surface area contributed by atoms with Crippen molar-refractivity contribution in [2.45, 2.75) is 26.7 Å². The van der Waals surface area contributed by atoms with Crippen molar-refractivity contribution in [2.24, 2.45) is 0 Å². The zero-order chi connectivity index (χ0) is 21.1. The van der Waals surface area contributed by atoms with E-state index in [9.17, 15) is 0 Å². The summed E-state index contributed by atoms with van der Waals surface area (Å²) >= 11 is 0. The van der Waals surface area contributed by atoms with Crippen LogP contribution in [0.5, 0.6) is 0 Å². The van der Waals surface area contributed by atoms with Gasteiger partial charge in [-0.1, -0.05) is 19.9 Å². The van der Waals surface area contributed by atoms with Crippen molar-refractivity contribution in [2.75, 3.05) is 25.5 Å². The molecule has 0 aliphatic rings. The lowest BCUT2D eigenvalue weighted by Gasteiger charge is -2.10. The second-order valence-electron chi connectivity index (χ2n) is 7.97. The topological polar surface area (TPSA) is 65.6 Å². The standard InChI is InChI=1S/C25H29N5/c1-16(2)24-21-14-18(19-7-10-28-23(15-19)29-12-11-26-4)5-6-22(21)30-25(24)20-8-9-27-17(3)13-20/h5-10,13-16,26,30H,11-12H2,1-4H3,(H,28,29). The Labute approximate surface area is 178 Å². The molecule has 3 N–H and O–H groups in total. The molecular weight excluding hydrogens is 370 g/mol. The first-order valence-corrected chi connectivity index (χ1v) is 10.5. The van der Waals surface area contributed by atoms with Crippen LogP contribution in [0.4, 0.5) is 5.82 Å². The van der Waals surface area contributed by atoms with Gasteiger partial charge in [-0.05, 0) is 73.0 Å². The molecule has 0 aliphatic carbocycles. The number of benzene rings is 1. The van der Waals surface area contributed by atoms with Gasteiger partial charge in [0.25, 0.3) is 0 Å². The molecule has 0 atom stereocenters. The van der Waals surface area contributed by atoms with Crippen molar-refractivity contribution in [1.29, 1.82) is 0 Å². The normalized spacial score (nSPS) is 11.4. The van der Waals surface area contributed by atoms with Crippen molar-refractivity contribution in [3.8, 4) is 22.4 Å². The summed E-state index contributed by atoms with van der Waals surface area (Å²) in [5.74, 6) is 1.29. The second kappa shape index (κ2) is 8.67. The maximum absolute atomic E-state index is 4.45. The Bertz CT molecular complexity index is 1160. The summed E-state index contributed by atoms with van der Waals surface area (Å²) in [7, 11) is 1.95. The van der Waals surface area contributed by atoms with Crippen LogP contribution in [0.3, 0.4) is 0 Å². The summed E-state index contributed by atoms with van der Waals surface area (Å²) in [6, 6.07) is 15.1. The minimum absolute atomic E-state index is 0.397. The number of hydrogen-bond donors (Lipinski definition) is 3. The smallest absolute Gasteiger partial charge is 0.126 e. The molecule has 0 radical (unpaired) electrons. The van der Waals surface area contributed by atoms with Gasteiger partial charge in [0.15, 0.2) is 0 Å². The van der Waals surface area contributed by atoms with Gasteiger partial charge in [-0.3, -0.25) is 4.98 Å². The summed E-state index contributed by atoms with van der Waals surface area (Å²) in [6.45, 7) is 8.28. The molecule has 0 bridgehead atoms. The molecule has 3 aromatic heterocycles. The van der Waals surface area contributed by atoms with E-state index in [0.29, 0.717) is 5.92 Å². The summed E-state index contributed by atoms with van der Waals surface area (Å²) in [5, 5.41) is 7.78. The van der Waals surface area contributed by atoms with E-state index < -0.39 is 0 Å². The molecule has 30 heavy (non-hydrogen) atoms. The molecule has 0 spiro atoms. The summed E-state index contributed by atoms with van der Waals surface area (Å²) in [6.07, 6.45) is 3.75. The van der Waals surface area contributed by atoms with Crippen molar-refractivity contribution < 1.29 is 0 Å². The van der Waals surface area contributed by atoms with Crippen molar-refractivity contribution in [1.82, 2.24) is 20.3 Å². The van der Waals surface area contributed by atoms with Crippen LogP contribution in [0, 0.1) is 6.92 Å². The van der Waals surface area contributed by atoms with Gasteiger partial charge in [-0.15, -0.1) is 0 Å². The third-order valence-electron chi connectivity index (χ3n) is 5.38. The number of rotatable bonds is 7. The molecular formula is C25H29N5. The monoisotopic (exact) mass is 399 g/mol. The Balaban J connectivity index is 1.78. The van der Waals surface area contributed by atoms with Gasteiger partial charge in [0, 0.05) is 47.6 Å². The van der Waals surface area contributed by atoms with E-state index in [4.69, 9.17) is 0 Å². The Morgan fingerprint density at radius 1 is 0.900 bits per heavy atom. The summed E-state index contributed by atoms with van der Waals surface area (Å²) in [4.78, 5) is 12.5. The molecule has 5 heteroatoms. The lowest BCUT2D eigenvalue weighted by molar-refractivity contribution is 0.821. The molecule has 3 heterocycles. The van der Waals surface area contributed by atoms with Gasteiger partial charge in [-0.2, -0.15) is 0 Å². The lowest BCUT2D eigenvalue weighted by atomic mass is 9.94. The van der Waals surface area contributed by atoms with Crippen molar-refractivity contribution >= 4 is 16.7 Å². The van der Waals surface area contributed by atoms with Crippen LogP contribution in [0.15, 0.2) is 54.9 Å². The number of H-pyrrole nitrogens is 1. The molecule has 1 aromatic carbocycles.